The number of rotatable bonds is 6. The molecular formula is C22H19FN6O2S. The Morgan fingerprint density at radius 2 is 2.09 bits per heavy atom. The van der Waals surface area contributed by atoms with Crippen molar-refractivity contribution in [3.8, 4) is 11.8 Å². The highest BCUT2D eigenvalue weighted by atomic mass is 32.2. The smallest absolute Gasteiger partial charge is 0.251 e. The van der Waals surface area contributed by atoms with Crippen LogP contribution in [0.1, 0.15) is 28.0 Å². The van der Waals surface area contributed by atoms with Crippen LogP contribution >= 0.6 is 11.8 Å². The van der Waals surface area contributed by atoms with Crippen LogP contribution in [0.3, 0.4) is 0 Å². The van der Waals surface area contributed by atoms with Crippen LogP contribution < -0.4 is 16.4 Å². The Morgan fingerprint density at radius 3 is 2.84 bits per heavy atom. The van der Waals surface area contributed by atoms with Crippen molar-refractivity contribution < 1.29 is 14.0 Å². The topological polar surface area (TPSA) is 126 Å². The second-order valence-electron chi connectivity index (χ2n) is 7.11. The summed E-state index contributed by atoms with van der Waals surface area (Å²) in [6.07, 6.45) is 0.969. The largest absolute Gasteiger partial charge is 0.382 e. The number of carbonyl (C=O) groups is 2. The zero-order chi connectivity index (χ0) is 22.7. The molecule has 0 unspecified atom stereocenters. The van der Waals surface area contributed by atoms with E-state index in [2.05, 4.69) is 21.8 Å². The second kappa shape index (κ2) is 9.11. The molecule has 2 amide bonds. The van der Waals surface area contributed by atoms with Gasteiger partial charge in [0.15, 0.2) is 0 Å². The molecule has 162 valence electrons. The highest BCUT2D eigenvalue weighted by Gasteiger charge is 2.18. The third-order valence-corrected chi connectivity index (χ3v) is 6.00. The molecule has 4 N–H and O–H groups in total. The van der Waals surface area contributed by atoms with Crippen molar-refractivity contribution in [2.45, 2.75) is 17.7 Å². The maximum atomic E-state index is 13.2. The first-order valence-corrected chi connectivity index (χ1v) is 10.8. The number of nitrogens with two attached hydrogens (primary N) is 1. The van der Waals surface area contributed by atoms with E-state index in [1.807, 2.05) is 6.07 Å². The van der Waals surface area contributed by atoms with E-state index in [4.69, 9.17) is 5.73 Å². The summed E-state index contributed by atoms with van der Waals surface area (Å²) in [4.78, 5) is 24.9. The molecule has 8 nitrogen and oxygen atoms in total. The van der Waals surface area contributed by atoms with E-state index in [0.29, 0.717) is 47.8 Å². The number of nitrogens with zero attached hydrogens (tertiary/aromatic N) is 3. The molecule has 2 aromatic carbocycles. The Balaban J connectivity index is 1.38. The maximum absolute atomic E-state index is 13.2. The van der Waals surface area contributed by atoms with Gasteiger partial charge in [-0.2, -0.15) is 10.4 Å². The lowest BCUT2D eigenvalue weighted by atomic mass is 10.1. The fourth-order valence-electron chi connectivity index (χ4n) is 3.34. The van der Waals surface area contributed by atoms with E-state index in [1.54, 1.807) is 12.1 Å². The summed E-state index contributed by atoms with van der Waals surface area (Å²) in [5.74, 6) is -0.171. The summed E-state index contributed by atoms with van der Waals surface area (Å²) in [5, 5.41) is 19.5. The minimum Gasteiger partial charge on any atom is -0.382 e. The molecule has 1 aliphatic heterocycles. The van der Waals surface area contributed by atoms with E-state index in [0.717, 1.165) is 4.90 Å². The van der Waals surface area contributed by atoms with Gasteiger partial charge in [0.1, 0.15) is 23.3 Å². The molecule has 4 rings (SSSR count). The van der Waals surface area contributed by atoms with Gasteiger partial charge in [-0.1, -0.05) is 0 Å². The van der Waals surface area contributed by atoms with E-state index in [9.17, 15) is 19.2 Å². The molecule has 0 atom stereocenters. The lowest BCUT2D eigenvalue weighted by Crippen LogP contribution is -2.25. The Kier molecular flexibility index (Phi) is 6.09. The monoisotopic (exact) mass is 450 g/mol. The van der Waals surface area contributed by atoms with Crippen LogP contribution in [0, 0.1) is 17.1 Å². The number of amides is 2. The van der Waals surface area contributed by atoms with Gasteiger partial charge in [-0.05, 0) is 55.3 Å². The number of nitrogen functional groups attached to an aromatic ring is 1. The number of anilines is 2. The van der Waals surface area contributed by atoms with Gasteiger partial charge in [0, 0.05) is 17.0 Å². The molecule has 0 saturated carbocycles. The van der Waals surface area contributed by atoms with Crippen LogP contribution in [-0.2, 0) is 11.2 Å². The summed E-state index contributed by atoms with van der Waals surface area (Å²) < 4.78 is 14.6. The minimum atomic E-state index is -0.379. The normalized spacial score (nSPS) is 12.6. The zero-order valence-electron chi connectivity index (χ0n) is 16.9. The van der Waals surface area contributed by atoms with E-state index in [-0.39, 0.29) is 29.0 Å². The molecule has 3 aromatic rings. The molecular weight excluding hydrogens is 431 g/mol. The Bertz CT molecular complexity index is 1230. The van der Waals surface area contributed by atoms with Crippen molar-refractivity contribution in [1.82, 2.24) is 15.1 Å². The molecule has 0 saturated heterocycles. The molecule has 0 fully saturated rings. The van der Waals surface area contributed by atoms with Gasteiger partial charge in [-0.3, -0.25) is 9.59 Å². The van der Waals surface area contributed by atoms with Crippen LogP contribution in [0.5, 0.6) is 0 Å². The lowest BCUT2D eigenvalue weighted by molar-refractivity contribution is -0.113. The first kappa shape index (κ1) is 21.4. The number of nitriles is 1. The summed E-state index contributed by atoms with van der Waals surface area (Å²) in [7, 11) is 0. The number of thioether (sulfide) groups is 1. The molecule has 10 heteroatoms. The second-order valence-corrected chi connectivity index (χ2v) is 8.13. The molecule has 32 heavy (non-hydrogen) atoms. The quantitative estimate of drug-likeness (QED) is 0.496. The van der Waals surface area contributed by atoms with Gasteiger partial charge >= 0.3 is 0 Å². The van der Waals surface area contributed by atoms with Crippen molar-refractivity contribution in [1.29, 1.82) is 5.26 Å². The number of halogens is 1. The zero-order valence-corrected chi connectivity index (χ0v) is 17.7. The van der Waals surface area contributed by atoms with Crippen LogP contribution in [0.4, 0.5) is 15.9 Å². The van der Waals surface area contributed by atoms with Crippen molar-refractivity contribution >= 4 is 35.1 Å². The third kappa shape index (κ3) is 4.43. The van der Waals surface area contributed by atoms with Crippen molar-refractivity contribution in [3.05, 3.63) is 65.1 Å². The maximum Gasteiger partial charge on any atom is 0.251 e. The van der Waals surface area contributed by atoms with E-state index in [1.165, 1.54) is 40.7 Å². The van der Waals surface area contributed by atoms with Crippen LogP contribution in [-0.4, -0.2) is 33.9 Å². The number of hydrogen-bond donors (Lipinski definition) is 3. The molecule has 0 bridgehead atoms. The van der Waals surface area contributed by atoms with Gasteiger partial charge in [0.25, 0.3) is 5.91 Å². The number of nitrogens with one attached hydrogen (secondary N) is 2. The van der Waals surface area contributed by atoms with E-state index >= 15 is 0 Å². The minimum absolute atomic E-state index is 0.0901. The average Bonchev–Trinajstić information content (AvgIpc) is 3.11. The molecule has 1 aromatic heterocycles. The van der Waals surface area contributed by atoms with Crippen molar-refractivity contribution in [3.63, 3.8) is 0 Å². The average molecular weight is 450 g/mol. The summed E-state index contributed by atoms with van der Waals surface area (Å²) in [6, 6.07) is 12.9. The fourth-order valence-corrected chi connectivity index (χ4v) is 4.13. The van der Waals surface area contributed by atoms with Gasteiger partial charge in [-0.15, -0.1) is 11.8 Å². The first-order chi connectivity index (χ1) is 15.5. The first-order valence-electron chi connectivity index (χ1n) is 9.84. The molecule has 0 spiro atoms. The summed E-state index contributed by atoms with van der Waals surface area (Å²) in [6.45, 7) is 0.366. The SMILES string of the molecule is N#Cc1c(CCCNC(=O)c2ccc3c(c2)NC(=O)CS3)nn(-c2ccc(F)cc2)c1N. The number of aromatic nitrogens is 2. The molecule has 0 radical (unpaired) electrons. The van der Waals surface area contributed by atoms with Gasteiger partial charge in [0.2, 0.25) is 5.91 Å². The van der Waals surface area contributed by atoms with Gasteiger partial charge < -0.3 is 16.4 Å². The predicted octanol–water partition coefficient (Wildman–Crippen LogP) is 2.87. The van der Waals surface area contributed by atoms with E-state index < -0.39 is 0 Å². The highest BCUT2D eigenvalue weighted by Crippen LogP contribution is 2.32. The number of fused-ring (bicyclic) bond motifs is 1. The van der Waals surface area contributed by atoms with Crippen LogP contribution in [0.15, 0.2) is 47.4 Å². The highest BCUT2D eigenvalue weighted by molar-refractivity contribution is 8.00. The third-order valence-electron chi connectivity index (χ3n) is 4.93. The van der Waals surface area contributed by atoms with Gasteiger partial charge in [-0.25, -0.2) is 9.07 Å². The van der Waals surface area contributed by atoms with Crippen LogP contribution in [0.2, 0.25) is 0 Å². The Morgan fingerprint density at radius 1 is 1.31 bits per heavy atom. The molecule has 2 heterocycles. The molecule has 1 aliphatic rings. The van der Waals surface area contributed by atoms with Crippen molar-refractivity contribution in [2.75, 3.05) is 23.3 Å². The number of carbonyl (C=O) groups excluding carboxylic acids is 2. The van der Waals surface area contributed by atoms with Crippen LogP contribution in [0.25, 0.3) is 5.69 Å². The standard InChI is InChI=1S/C22H19FN6O2S/c23-14-4-6-15(7-5-14)29-21(25)16(11-24)17(28-29)2-1-9-26-22(31)13-3-8-19-18(10-13)27-20(30)12-32-19/h3-8,10H,1-2,9,12,25H2,(H,26,31)(H,27,30). The number of benzene rings is 2. The Labute approximate surface area is 187 Å². The molecule has 0 aliphatic carbocycles. The van der Waals surface area contributed by atoms with Gasteiger partial charge in [0.05, 0.1) is 22.8 Å². The Hall–Kier alpha value is -3.84. The number of aryl methyl sites for hydroxylation is 1. The number of hydrogen-bond acceptors (Lipinski definition) is 6. The van der Waals surface area contributed by atoms with Crippen molar-refractivity contribution in [2.24, 2.45) is 0 Å². The predicted molar refractivity (Wildman–Crippen MR) is 119 cm³/mol. The fraction of sp³-hybridized carbons (Fsp3) is 0.182. The summed E-state index contributed by atoms with van der Waals surface area (Å²) >= 11 is 1.43. The summed E-state index contributed by atoms with van der Waals surface area (Å²) in [5.41, 5.74) is 8.48. The lowest BCUT2D eigenvalue weighted by Gasteiger charge is -2.16.